The molecule has 0 fully saturated rings. The van der Waals surface area contributed by atoms with Gasteiger partial charge in [0, 0.05) is 11.6 Å². The van der Waals surface area contributed by atoms with Gasteiger partial charge in [0.15, 0.2) is 0 Å². The molecule has 1 heterocycles. The summed E-state index contributed by atoms with van der Waals surface area (Å²) in [7, 11) is 1.36. The van der Waals surface area contributed by atoms with Crippen LogP contribution in [0.2, 0.25) is 0 Å². The van der Waals surface area contributed by atoms with Crippen molar-refractivity contribution in [3.63, 3.8) is 0 Å². The Labute approximate surface area is 106 Å². The lowest BCUT2D eigenvalue weighted by atomic mass is 10.1. The van der Waals surface area contributed by atoms with Crippen molar-refractivity contribution in [2.45, 2.75) is 13.8 Å². The van der Waals surface area contributed by atoms with Gasteiger partial charge in [-0.3, -0.25) is 4.98 Å². The normalized spacial score (nSPS) is 10.4. The molecule has 2 rings (SSSR count). The van der Waals surface area contributed by atoms with Crippen LogP contribution in [0.3, 0.4) is 0 Å². The van der Waals surface area contributed by atoms with Gasteiger partial charge in [0.05, 0.1) is 19.3 Å². The van der Waals surface area contributed by atoms with Gasteiger partial charge in [-0.25, -0.2) is 4.79 Å². The Balaban J connectivity index is 2.66. The van der Waals surface area contributed by atoms with Crippen LogP contribution in [0.5, 0.6) is 5.75 Å². The minimum absolute atomic E-state index is 0.376. The van der Waals surface area contributed by atoms with E-state index < -0.39 is 0 Å². The van der Waals surface area contributed by atoms with Crippen molar-refractivity contribution in [2.75, 3.05) is 13.7 Å². The number of benzene rings is 1. The van der Waals surface area contributed by atoms with Crippen molar-refractivity contribution in [3.8, 4) is 5.75 Å². The Morgan fingerprint density at radius 2 is 2.11 bits per heavy atom. The zero-order valence-corrected chi connectivity index (χ0v) is 10.7. The van der Waals surface area contributed by atoms with Gasteiger partial charge in [-0.1, -0.05) is 0 Å². The summed E-state index contributed by atoms with van der Waals surface area (Å²) >= 11 is 0. The molecule has 0 saturated carbocycles. The summed E-state index contributed by atoms with van der Waals surface area (Å²) in [6.07, 6.45) is 1.78. The maximum absolute atomic E-state index is 11.6. The van der Waals surface area contributed by atoms with Crippen molar-refractivity contribution in [1.82, 2.24) is 4.98 Å². The zero-order chi connectivity index (χ0) is 13.1. The molecule has 4 heteroatoms. The molecule has 0 radical (unpaired) electrons. The number of esters is 1. The summed E-state index contributed by atoms with van der Waals surface area (Å²) in [5.74, 6) is 0.231. The van der Waals surface area contributed by atoms with E-state index in [1.807, 2.05) is 19.9 Å². The van der Waals surface area contributed by atoms with Gasteiger partial charge in [-0.15, -0.1) is 0 Å². The van der Waals surface area contributed by atoms with Crippen LogP contribution in [0, 0.1) is 6.92 Å². The first kappa shape index (κ1) is 12.4. The number of carbonyl (C=O) groups is 1. The van der Waals surface area contributed by atoms with Gasteiger partial charge in [0.25, 0.3) is 0 Å². The lowest BCUT2D eigenvalue weighted by molar-refractivity contribution is 0.0600. The molecule has 1 aromatic heterocycles. The number of pyridine rings is 1. The van der Waals surface area contributed by atoms with E-state index in [0.29, 0.717) is 17.9 Å². The molecule has 4 nitrogen and oxygen atoms in total. The molecule has 2 aromatic rings. The molecule has 0 amide bonds. The monoisotopic (exact) mass is 245 g/mol. The van der Waals surface area contributed by atoms with Crippen molar-refractivity contribution in [1.29, 1.82) is 0 Å². The average molecular weight is 245 g/mol. The van der Waals surface area contributed by atoms with Crippen molar-refractivity contribution >= 4 is 16.9 Å². The summed E-state index contributed by atoms with van der Waals surface area (Å²) < 4.78 is 10.3. The minimum Gasteiger partial charge on any atom is -0.492 e. The Kier molecular flexibility index (Phi) is 3.46. The topological polar surface area (TPSA) is 48.4 Å². The van der Waals surface area contributed by atoms with Crippen molar-refractivity contribution < 1.29 is 14.3 Å². The number of ether oxygens (including phenoxy) is 2. The number of fused-ring (bicyclic) bond motifs is 1. The van der Waals surface area contributed by atoms with Gasteiger partial charge in [0.1, 0.15) is 11.3 Å². The Bertz CT molecular complexity index is 593. The summed E-state index contributed by atoms with van der Waals surface area (Å²) in [6, 6.07) is 5.40. The molecule has 0 aliphatic carbocycles. The lowest BCUT2D eigenvalue weighted by Crippen LogP contribution is -2.03. The highest BCUT2D eigenvalue weighted by Crippen LogP contribution is 2.27. The quantitative estimate of drug-likeness (QED) is 0.780. The molecule has 94 valence electrons. The Morgan fingerprint density at radius 1 is 1.33 bits per heavy atom. The van der Waals surface area contributed by atoms with E-state index in [0.717, 1.165) is 16.5 Å². The number of aryl methyl sites for hydroxylation is 1. The smallest absolute Gasteiger partial charge is 0.338 e. The number of aromatic nitrogens is 1. The highest BCUT2D eigenvalue weighted by atomic mass is 16.5. The summed E-state index contributed by atoms with van der Waals surface area (Å²) in [4.78, 5) is 15.9. The third-order valence-electron chi connectivity index (χ3n) is 2.61. The van der Waals surface area contributed by atoms with E-state index >= 15 is 0 Å². The molecular formula is C14H15NO3. The third kappa shape index (κ3) is 2.27. The number of rotatable bonds is 3. The van der Waals surface area contributed by atoms with Crippen LogP contribution in [-0.4, -0.2) is 24.7 Å². The second-order valence-electron chi connectivity index (χ2n) is 3.98. The maximum atomic E-state index is 11.6. The van der Waals surface area contributed by atoms with Crippen molar-refractivity contribution in [3.05, 3.63) is 35.5 Å². The van der Waals surface area contributed by atoms with Crippen LogP contribution in [-0.2, 0) is 4.74 Å². The molecule has 0 N–H and O–H groups in total. The first-order valence-electron chi connectivity index (χ1n) is 5.77. The molecule has 0 aliphatic rings. The van der Waals surface area contributed by atoms with E-state index in [2.05, 4.69) is 4.98 Å². The molecule has 0 bridgehead atoms. The maximum Gasteiger partial charge on any atom is 0.338 e. The van der Waals surface area contributed by atoms with E-state index in [9.17, 15) is 4.79 Å². The van der Waals surface area contributed by atoms with Gasteiger partial charge < -0.3 is 9.47 Å². The predicted octanol–water partition coefficient (Wildman–Crippen LogP) is 2.73. The third-order valence-corrected chi connectivity index (χ3v) is 2.61. The first-order chi connectivity index (χ1) is 8.65. The van der Waals surface area contributed by atoms with Crippen LogP contribution in [0.15, 0.2) is 24.4 Å². The largest absolute Gasteiger partial charge is 0.492 e. The first-order valence-corrected chi connectivity index (χ1v) is 5.77. The summed E-state index contributed by atoms with van der Waals surface area (Å²) in [6.45, 7) is 4.37. The molecule has 18 heavy (non-hydrogen) atoms. The van der Waals surface area contributed by atoms with E-state index in [-0.39, 0.29) is 5.97 Å². The second kappa shape index (κ2) is 5.04. The number of carbonyl (C=O) groups excluding carboxylic acids is 1. The summed E-state index contributed by atoms with van der Waals surface area (Å²) in [5, 5.41) is 0.876. The van der Waals surface area contributed by atoms with E-state index in [1.165, 1.54) is 7.11 Å². The van der Waals surface area contributed by atoms with E-state index in [4.69, 9.17) is 9.47 Å². The summed E-state index contributed by atoms with van der Waals surface area (Å²) in [5.41, 5.74) is 2.27. The molecule has 0 aliphatic heterocycles. The molecule has 0 atom stereocenters. The van der Waals surface area contributed by atoms with E-state index in [1.54, 1.807) is 18.3 Å². The fourth-order valence-corrected chi connectivity index (χ4v) is 1.83. The van der Waals surface area contributed by atoms with Crippen LogP contribution < -0.4 is 4.74 Å². The Morgan fingerprint density at radius 3 is 2.78 bits per heavy atom. The molecule has 0 unspecified atom stereocenters. The number of hydrogen-bond acceptors (Lipinski definition) is 4. The number of nitrogens with zero attached hydrogens (tertiary/aromatic N) is 1. The highest BCUT2D eigenvalue weighted by Gasteiger charge is 2.12. The SMILES string of the molecule is CCOc1cc(C(=O)OC)cc2cc(C)cnc12. The zero-order valence-electron chi connectivity index (χ0n) is 10.7. The Hall–Kier alpha value is -2.10. The molecule has 0 spiro atoms. The van der Waals surface area contributed by atoms with Gasteiger partial charge in [-0.05, 0) is 37.6 Å². The van der Waals surface area contributed by atoms with Crippen LogP contribution in [0.4, 0.5) is 0 Å². The van der Waals surface area contributed by atoms with Crippen LogP contribution >= 0.6 is 0 Å². The fraction of sp³-hybridized carbons (Fsp3) is 0.286. The minimum atomic E-state index is -0.376. The van der Waals surface area contributed by atoms with Gasteiger partial charge in [0.2, 0.25) is 0 Å². The highest BCUT2D eigenvalue weighted by molar-refractivity contribution is 5.97. The number of hydrogen-bond donors (Lipinski definition) is 0. The fourth-order valence-electron chi connectivity index (χ4n) is 1.83. The molecular weight excluding hydrogens is 230 g/mol. The van der Waals surface area contributed by atoms with Gasteiger partial charge >= 0.3 is 5.97 Å². The molecule has 1 aromatic carbocycles. The molecule has 0 saturated heterocycles. The average Bonchev–Trinajstić information content (AvgIpc) is 2.37. The van der Waals surface area contributed by atoms with Crippen LogP contribution in [0.25, 0.3) is 10.9 Å². The van der Waals surface area contributed by atoms with Crippen LogP contribution in [0.1, 0.15) is 22.8 Å². The second-order valence-corrected chi connectivity index (χ2v) is 3.98. The van der Waals surface area contributed by atoms with Crippen molar-refractivity contribution in [2.24, 2.45) is 0 Å². The number of methoxy groups -OCH3 is 1. The standard InChI is InChI=1S/C14H15NO3/c1-4-18-12-7-11(14(16)17-3)6-10-5-9(2)8-15-13(10)12/h5-8H,4H2,1-3H3. The van der Waals surface area contributed by atoms with Gasteiger partial charge in [-0.2, -0.15) is 0 Å². The lowest BCUT2D eigenvalue weighted by Gasteiger charge is -2.09. The predicted molar refractivity (Wildman–Crippen MR) is 69.0 cm³/mol.